The summed E-state index contributed by atoms with van der Waals surface area (Å²) < 4.78 is 5.53. The smallest absolute Gasteiger partial charge is 0.123 e. The Kier molecular flexibility index (Phi) is 3.91. The van der Waals surface area contributed by atoms with Gasteiger partial charge < -0.3 is 9.32 Å². The molecular weight excluding hydrogens is 246 g/mol. The highest BCUT2D eigenvalue weighted by molar-refractivity contribution is 5.49. The van der Waals surface area contributed by atoms with E-state index in [2.05, 4.69) is 48.2 Å². The zero-order valence-electron chi connectivity index (χ0n) is 12.0. The molecule has 1 unspecified atom stereocenters. The third kappa shape index (κ3) is 2.96. The minimum atomic E-state index is 0.469. The Morgan fingerprint density at radius 3 is 2.70 bits per heavy atom. The van der Waals surface area contributed by atoms with Crippen molar-refractivity contribution in [3.8, 4) is 0 Å². The van der Waals surface area contributed by atoms with Crippen LogP contribution in [-0.4, -0.2) is 6.04 Å². The van der Waals surface area contributed by atoms with Crippen LogP contribution in [0.3, 0.4) is 0 Å². The van der Waals surface area contributed by atoms with E-state index in [9.17, 15) is 0 Å². The van der Waals surface area contributed by atoms with Gasteiger partial charge in [-0.3, -0.25) is 0 Å². The summed E-state index contributed by atoms with van der Waals surface area (Å²) in [6.45, 7) is 2.95. The molecule has 1 heterocycles. The van der Waals surface area contributed by atoms with Crippen LogP contribution in [0, 0.1) is 6.92 Å². The lowest BCUT2D eigenvalue weighted by atomic mass is 10.0. The molecule has 1 atom stereocenters. The summed E-state index contributed by atoms with van der Waals surface area (Å²) in [5.41, 5.74) is 2.56. The third-order valence-corrected chi connectivity index (χ3v) is 3.90. The Bertz CT molecular complexity index is 554. The van der Waals surface area contributed by atoms with Crippen LogP contribution in [0.25, 0.3) is 0 Å². The van der Waals surface area contributed by atoms with E-state index in [1.54, 1.807) is 6.26 Å². The second-order valence-corrected chi connectivity index (χ2v) is 5.47. The van der Waals surface area contributed by atoms with Crippen molar-refractivity contribution in [1.82, 2.24) is 0 Å². The zero-order chi connectivity index (χ0) is 13.8. The van der Waals surface area contributed by atoms with Gasteiger partial charge >= 0.3 is 0 Å². The minimum absolute atomic E-state index is 0.469. The second kappa shape index (κ2) is 6.00. The molecule has 0 saturated carbocycles. The number of furan rings is 1. The predicted molar refractivity (Wildman–Crippen MR) is 82.8 cm³/mol. The van der Waals surface area contributed by atoms with E-state index in [-0.39, 0.29) is 0 Å². The Morgan fingerprint density at radius 1 is 1.20 bits per heavy atom. The van der Waals surface area contributed by atoms with Crippen LogP contribution in [0.5, 0.6) is 0 Å². The molecule has 0 bridgehead atoms. The minimum Gasteiger partial charge on any atom is -0.467 e. The molecule has 0 saturated heterocycles. The van der Waals surface area contributed by atoms with Gasteiger partial charge in [-0.05, 0) is 50.5 Å². The van der Waals surface area contributed by atoms with Crippen LogP contribution in [0.1, 0.15) is 30.6 Å². The van der Waals surface area contributed by atoms with Crippen LogP contribution < -0.4 is 4.90 Å². The average Bonchev–Trinajstić information content (AvgIpc) is 3.00. The van der Waals surface area contributed by atoms with Crippen molar-refractivity contribution < 1.29 is 4.42 Å². The first-order valence-corrected chi connectivity index (χ1v) is 7.35. The van der Waals surface area contributed by atoms with Crippen molar-refractivity contribution in [3.05, 3.63) is 66.1 Å². The fourth-order valence-electron chi connectivity index (χ4n) is 2.76. The quantitative estimate of drug-likeness (QED) is 0.746. The lowest BCUT2D eigenvalue weighted by Gasteiger charge is -2.33. The third-order valence-electron chi connectivity index (χ3n) is 3.90. The summed E-state index contributed by atoms with van der Waals surface area (Å²) in [4.78, 5) is 2.44. The first kappa shape index (κ1) is 13.0. The second-order valence-electron chi connectivity index (χ2n) is 5.47. The van der Waals surface area contributed by atoms with E-state index in [1.165, 1.54) is 30.5 Å². The molecule has 104 valence electrons. The molecule has 1 aliphatic carbocycles. The molecule has 1 aromatic heterocycles. The molecule has 0 N–H and O–H groups in total. The molecule has 2 heteroatoms. The molecule has 0 radical (unpaired) electrons. The molecule has 0 fully saturated rings. The molecule has 2 aromatic rings. The summed E-state index contributed by atoms with van der Waals surface area (Å²) in [6, 6.07) is 13.2. The largest absolute Gasteiger partial charge is 0.467 e. The van der Waals surface area contributed by atoms with Crippen LogP contribution in [-0.2, 0) is 6.54 Å². The van der Waals surface area contributed by atoms with Crippen molar-refractivity contribution in [1.29, 1.82) is 0 Å². The normalized spacial score (nSPS) is 18.1. The Balaban J connectivity index is 1.87. The van der Waals surface area contributed by atoms with Gasteiger partial charge in [0.05, 0.1) is 12.8 Å². The SMILES string of the molecule is Cc1ccc(N(Cc2ccco2)C2C=CCCC2)cc1. The number of hydrogen-bond donors (Lipinski definition) is 0. The average molecular weight is 267 g/mol. The molecule has 3 rings (SSSR count). The first-order chi connectivity index (χ1) is 9.83. The number of aryl methyl sites for hydroxylation is 1. The monoisotopic (exact) mass is 267 g/mol. The van der Waals surface area contributed by atoms with Crippen molar-refractivity contribution >= 4 is 5.69 Å². The van der Waals surface area contributed by atoms with Crippen LogP contribution >= 0.6 is 0 Å². The van der Waals surface area contributed by atoms with Gasteiger partial charge in [0.2, 0.25) is 0 Å². The highest BCUT2D eigenvalue weighted by atomic mass is 16.3. The molecule has 1 aromatic carbocycles. The maximum atomic E-state index is 5.53. The number of allylic oxidation sites excluding steroid dienone is 1. The fourth-order valence-corrected chi connectivity index (χ4v) is 2.76. The van der Waals surface area contributed by atoms with E-state index in [0.29, 0.717) is 6.04 Å². The van der Waals surface area contributed by atoms with Gasteiger partial charge in [-0.15, -0.1) is 0 Å². The van der Waals surface area contributed by atoms with Crippen molar-refractivity contribution in [3.63, 3.8) is 0 Å². The van der Waals surface area contributed by atoms with Gasteiger partial charge in [-0.1, -0.05) is 29.8 Å². The molecule has 0 spiro atoms. The van der Waals surface area contributed by atoms with Gasteiger partial charge in [-0.2, -0.15) is 0 Å². The summed E-state index contributed by atoms with van der Waals surface area (Å²) in [6.07, 6.45) is 10.1. The molecule has 20 heavy (non-hydrogen) atoms. The van der Waals surface area contributed by atoms with Crippen LogP contribution in [0.15, 0.2) is 59.2 Å². The summed E-state index contributed by atoms with van der Waals surface area (Å²) in [7, 11) is 0. The lowest BCUT2D eigenvalue weighted by Crippen LogP contribution is -2.34. The number of anilines is 1. The van der Waals surface area contributed by atoms with Crippen LogP contribution in [0.4, 0.5) is 5.69 Å². The van der Waals surface area contributed by atoms with Crippen LogP contribution in [0.2, 0.25) is 0 Å². The van der Waals surface area contributed by atoms with Gasteiger partial charge in [0.15, 0.2) is 0 Å². The van der Waals surface area contributed by atoms with Crippen molar-refractivity contribution in [2.24, 2.45) is 0 Å². The van der Waals surface area contributed by atoms with E-state index in [0.717, 1.165) is 12.3 Å². The van der Waals surface area contributed by atoms with Gasteiger partial charge in [0, 0.05) is 11.7 Å². The topological polar surface area (TPSA) is 16.4 Å². The Labute approximate surface area is 120 Å². The summed E-state index contributed by atoms with van der Waals surface area (Å²) in [5.74, 6) is 1.02. The molecule has 0 amide bonds. The Hall–Kier alpha value is -1.96. The summed E-state index contributed by atoms with van der Waals surface area (Å²) >= 11 is 0. The number of hydrogen-bond acceptors (Lipinski definition) is 2. The highest BCUT2D eigenvalue weighted by Gasteiger charge is 2.19. The van der Waals surface area contributed by atoms with Gasteiger partial charge in [0.1, 0.15) is 5.76 Å². The number of benzene rings is 1. The lowest BCUT2D eigenvalue weighted by molar-refractivity contribution is 0.484. The molecule has 1 aliphatic rings. The molecule has 0 aliphatic heterocycles. The standard InChI is InChI=1S/C18H21NO/c1-15-9-11-17(12-10-15)19(14-18-8-5-13-20-18)16-6-3-2-4-7-16/h3,5-6,8-13,16H,2,4,7,14H2,1H3. The van der Waals surface area contributed by atoms with E-state index < -0.39 is 0 Å². The van der Waals surface area contributed by atoms with E-state index in [1.807, 2.05) is 12.1 Å². The van der Waals surface area contributed by atoms with Crippen molar-refractivity contribution in [2.75, 3.05) is 4.90 Å². The maximum absolute atomic E-state index is 5.53. The predicted octanol–water partition coefficient (Wildman–Crippen LogP) is 4.70. The number of rotatable bonds is 4. The highest BCUT2D eigenvalue weighted by Crippen LogP contribution is 2.26. The maximum Gasteiger partial charge on any atom is 0.123 e. The van der Waals surface area contributed by atoms with E-state index >= 15 is 0 Å². The zero-order valence-corrected chi connectivity index (χ0v) is 12.0. The van der Waals surface area contributed by atoms with Gasteiger partial charge in [-0.25, -0.2) is 0 Å². The number of nitrogens with zero attached hydrogens (tertiary/aromatic N) is 1. The van der Waals surface area contributed by atoms with E-state index in [4.69, 9.17) is 4.42 Å². The fraction of sp³-hybridized carbons (Fsp3) is 0.333. The van der Waals surface area contributed by atoms with Gasteiger partial charge in [0.25, 0.3) is 0 Å². The van der Waals surface area contributed by atoms with Crippen molar-refractivity contribution in [2.45, 2.75) is 38.8 Å². The summed E-state index contributed by atoms with van der Waals surface area (Å²) in [5, 5.41) is 0. The first-order valence-electron chi connectivity index (χ1n) is 7.35. The molecule has 2 nitrogen and oxygen atoms in total. The Morgan fingerprint density at radius 2 is 2.05 bits per heavy atom. The molecular formula is C18H21NO.